The summed E-state index contributed by atoms with van der Waals surface area (Å²) in [4.78, 5) is 18.8. The highest BCUT2D eigenvalue weighted by Gasteiger charge is 2.13. The number of ether oxygens (including phenoxy) is 2. The third-order valence-corrected chi connectivity index (χ3v) is 2.43. The van der Waals surface area contributed by atoms with Crippen molar-refractivity contribution in [2.75, 3.05) is 19.8 Å². The summed E-state index contributed by atoms with van der Waals surface area (Å²) >= 11 is 0. The molecule has 0 saturated carbocycles. The smallest absolute Gasteiger partial charge is 0.374 e. The van der Waals surface area contributed by atoms with Crippen molar-refractivity contribution in [3.63, 3.8) is 0 Å². The normalized spacial score (nSPS) is 10.6. The summed E-state index contributed by atoms with van der Waals surface area (Å²) in [5.41, 5.74) is 0.543. The molecule has 0 amide bonds. The molecular weight excluding hydrogens is 248 g/mol. The molecular formula is C13H14N2O4. The Morgan fingerprint density at radius 3 is 2.79 bits per heavy atom. The van der Waals surface area contributed by atoms with Gasteiger partial charge in [0.15, 0.2) is 0 Å². The van der Waals surface area contributed by atoms with Crippen molar-refractivity contribution in [1.82, 2.24) is 9.97 Å². The Labute approximate surface area is 110 Å². The number of para-hydroxylation sites is 1. The van der Waals surface area contributed by atoms with Crippen LogP contribution >= 0.6 is 0 Å². The lowest BCUT2D eigenvalue weighted by Gasteiger charge is -2.08. The van der Waals surface area contributed by atoms with Crippen LogP contribution in [0.1, 0.15) is 17.5 Å². The van der Waals surface area contributed by atoms with Crippen molar-refractivity contribution in [2.45, 2.75) is 6.92 Å². The number of hydrogen-bond acceptors (Lipinski definition) is 5. The first-order chi connectivity index (χ1) is 9.22. The minimum atomic E-state index is -1.18. The molecule has 1 aromatic heterocycles. The van der Waals surface area contributed by atoms with E-state index in [2.05, 4.69) is 9.97 Å². The number of carboxylic acid groups (broad SMARTS) is 1. The van der Waals surface area contributed by atoms with Crippen molar-refractivity contribution < 1.29 is 19.4 Å². The Hall–Kier alpha value is -2.21. The van der Waals surface area contributed by atoms with Crippen LogP contribution < -0.4 is 4.74 Å². The number of rotatable bonds is 6. The van der Waals surface area contributed by atoms with E-state index in [0.717, 1.165) is 0 Å². The van der Waals surface area contributed by atoms with E-state index in [1.807, 2.05) is 13.0 Å². The summed E-state index contributed by atoms with van der Waals surface area (Å²) in [6.45, 7) is 3.24. The maximum atomic E-state index is 11.0. The van der Waals surface area contributed by atoms with Gasteiger partial charge in [-0.05, 0) is 19.1 Å². The molecule has 100 valence electrons. The highest BCUT2D eigenvalue weighted by molar-refractivity contribution is 5.89. The van der Waals surface area contributed by atoms with Crippen LogP contribution in [0.3, 0.4) is 0 Å². The fourth-order valence-electron chi connectivity index (χ4n) is 1.59. The molecule has 1 heterocycles. The fourth-order valence-corrected chi connectivity index (χ4v) is 1.59. The standard InChI is InChI=1S/C13H14N2O4/c1-2-18-7-8-19-12-9-5-3-4-6-10(9)14-11(15-12)13(16)17/h3-6H,2,7-8H2,1H3,(H,16,17). The maximum Gasteiger partial charge on any atom is 0.374 e. The fraction of sp³-hybridized carbons (Fsp3) is 0.308. The number of aromatic nitrogens is 2. The van der Waals surface area contributed by atoms with Crippen LogP contribution in [-0.2, 0) is 4.74 Å². The molecule has 0 aliphatic carbocycles. The molecule has 19 heavy (non-hydrogen) atoms. The lowest BCUT2D eigenvalue weighted by atomic mass is 10.2. The molecule has 1 aromatic carbocycles. The van der Waals surface area contributed by atoms with Crippen molar-refractivity contribution in [3.05, 3.63) is 30.1 Å². The summed E-state index contributed by atoms with van der Waals surface area (Å²) < 4.78 is 10.6. The van der Waals surface area contributed by atoms with Crippen molar-refractivity contribution in [1.29, 1.82) is 0 Å². The van der Waals surface area contributed by atoms with E-state index in [1.54, 1.807) is 18.2 Å². The van der Waals surface area contributed by atoms with Gasteiger partial charge in [0, 0.05) is 6.61 Å². The number of aromatic carboxylic acids is 1. The highest BCUT2D eigenvalue weighted by atomic mass is 16.5. The molecule has 0 aliphatic heterocycles. The number of benzene rings is 1. The van der Waals surface area contributed by atoms with E-state index in [4.69, 9.17) is 14.6 Å². The minimum Gasteiger partial charge on any atom is -0.475 e. The van der Waals surface area contributed by atoms with Gasteiger partial charge in [-0.2, -0.15) is 4.98 Å². The summed E-state index contributed by atoms with van der Waals surface area (Å²) in [5, 5.41) is 9.66. The Morgan fingerprint density at radius 1 is 1.26 bits per heavy atom. The van der Waals surface area contributed by atoms with Crippen LogP contribution in [0, 0.1) is 0 Å². The van der Waals surface area contributed by atoms with E-state index >= 15 is 0 Å². The third-order valence-electron chi connectivity index (χ3n) is 2.43. The molecule has 0 fully saturated rings. The van der Waals surface area contributed by atoms with Crippen LogP contribution in [0.2, 0.25) is 0 Å². The van der Waals surface area contributed by atoms with Crippen LogP contribution in [0.5, 0.6) is 5.88 Å². The van der Waals surface area contributed by atoms with Crippen LogP contribution in [0.15, 0.2) is 24.3 Å². The zero-order valence-corrected chi connectivity index (χ0v) is 10.5. The van der Waals surface area contributed by atoms with Gasteiger partial charge in [0.25, 0.3) is 0 Å². The monoisotopic (exact) mass is 262 g/mol. The second kappa shape index (κ2) is 6.10. The van der Waals surface area contributed by atoms with E-state index in [0.29, 0.717) is 30.7 Å². The van der Waals surface area contributed by atoms with E-state index in [-0.39, 0.29) is 11.7 Å². The molecule has 0 aliphatic rings. The lowest BCUT2D eigenvalue weighted by molar-refractivity contribution is 0.0681. The Morgan fingerprint density at radius 2 is 2.05 bits per heavy atom. The van der Waals surface area contributed by atoms with Gasteiger partial charge in [0.05, 0.1) is 17.5 Å². The number of carbonyl (C=O) groups is 1. The topological polar surface area (TPSA) is 81.5 Å². The van der Waals surface area contributed by atoms with Gasteiger partial charge >= 0.3 is 5.97 Å². The highest BCUT2D eigenvalue weighted by Crippen LogP contribution is 2.22. The molecule has 2 rings (SSSR count). The van der Waals surface area contributed by atoms with Gasteiger partial charge < -0.3 is 14.6 Å². The molecule has 6 nitrogen and oxygen atoms in total. The number of hydrogen-bond donors (Lipinski definition) is 1. The summed E-state index contributed by atoms with van der Waals surface area (Å²) in [6, 6.07) is 7.11. The molecule has 0 spiro atoms. The van der Waals surface area contributed by atoms with Crippen molar-refractivity contribution in [3.8, 4) is 5.88 Å². The molecule has 2 aromatic rings. The second-order valence-corrected chi connectivity index (χ2v) is 3.72. The van der Waals surface area contributed by atoms with E-state index in [1.165, 1.54) is 0 Å². The average Bonchev–Trinajstić information content (AvgIpc) is 2.43. The lowest BCUT2D eigenvalue weighted by Crippen LogP contribution is -2.11. The largest absolute Gasteiger partial charge is 0.475 e. The zero-order chi connectivity index (χ0) is 13.7. The van der Waals surface area contributed by atoms with E-state index in [9.17, 15) is 4.79 Å². The summed E-state index contributed by atoms with van der Waals surface area (Å²) in [7, 11) is 0. The SMILES string of the molecule is CCOCCOc1nc(C(=O)O)nc2ccccc12. The van der Waals surface area contributed by atoms with Crippen LogP contribution in [0.25, 0.3) is 10.9 Å². The van der Waals surface area contributed by atoms with Gasteiger partial charge in [-0.3, -0.25) is 0 Å². The second-order valence-electron chi connectivity index (χ2n) is 3.72. The van der Waals surface area contributed by atoms with Gasteiger partial charge in [-0.15, -0.1) is 0 Å². The number of nitrogens with zero attached hydrogens (tertiary/aromatic N) is 2. The first-order valence-corrected chi connectivity index (χ1v) is 5.93. The first kappa shape index (κ1) is 13.2. The predicted molar refractivity (Wildman–Crippen MR) is 68.5 cm³/mol. The van der Waals surface area contributed by atoms with Crippen LogP contribution in [0.4, 0.5) is 0 Å². The predicted octanol–water partition coefficient (Wildman–Crippen LogP) is 1.74. The minimum absolute atomic E-state index is 0.266. The zero-order valence-electron chi connectivity index (χ0n) is 10.5. The molecule has 0 unspecified atom stereocenters. The number of fused-ring (bicyclic) bond motifs is 1. The molecule has 0 bridgehead atoms. The van der Waals surface area contributed by atoms with Gasteiger partial charge in [0.1, 0.15) is 6.61 Å². The summed E-state index contributed by atoms with van der Waals surface area (Å²) in [5.74, 6) is -1.19. The molecule has 6 heteroatoms. The Balaban J connectivity index is 2.31. The van der Waals surface area contributed by atoms with Gasteiger partial charge in [-0.1, -0.05) is 12.1 Å². The molecule has 0 atom stereocenters. The van der Waals surface area contributed by atoms with E-state index < -0.39 is 5.97 Å². The van der Waals surface area contributed by atoms with Crippen LogP contribution in [-0.4, -0.2) is 40.9 Å². The number of carboxylic acids is 1. The van der Waals surface area contributed by atoms with Crippen molar-refractivity contribution >= 4 is 16.9 Å². The quantitative estimate of drug-likeness (QED) is 0.798. The van der Waals surface area contributed by atoms with Gasteiger partial charge in [0.2, 0.25) is 11.7 Å². The third kappa shape index (κ3) is 3.17. The summed E-state index contributed by atoms with van der Waals surface area (Å²) in [6.07, 6.45) is 0. The molecule has 0 radical (unpaired) electrons. The van der Waals surface area contributed by atoms with Crippen molar-refractivity contribution in [2.24, 2.45) is 0 Å². The maximum absolute atomic E-state index is 11.0. The molecule has 0 saturated heterocycles. The Kier molecular flexibility index (Phi) is 4.25. The average molecular weight is 262 g/mol. The Bertz CT molecular complexity index is 586. The molecule has 1 N–H and O–H groups in total. The first-order valence-electron chi connectivity index (χ1n) is 5.93. The van der Waals surface area contributed by atoms with Gasteiger partial charge in [-0.25, -0.2) is 9.78 Å².